The minimum atomic E-state index is -0.443. The number of rotatable bonds is 4. The van der Waals surface area contributed by atoms with Gasteiger partial charge in [-0.25, -0.2) is 0 Å². The minimum absolute atomic E-state index is 0.159. The molecule has 1 aromatic heterocycles. The molecule has 25 heavy (non-hydrogen) atoms. The largest absolute Gasteiger partial charge is 0.388 e. The summed E-state index contributed by atoms with van der Waals surface area (Å²) in [5.41, 5.74) is 4.00. The standard InChI is InChI=1S/C20H27N3O2/c1-14-18(15(2)22(3)21-14)13-19(24)23-11-9-17(10-12-23)20(25)16-7-5-4-6-8-16/h4-8,17,20,25H,9-13H2,1-3H3/t20-/m1/s1. The van der Waals surface area contributed by atoms with Gasteiger partial charge in [-0.05, 0) is 38.2 Å². The van der Waals surface area contributed by atoms with Crippen LogP contribution in [0.15, 0.2) is 30.3 Å². The second kappa shape index (κ2) is 7.40. The number of aliphatic hydroxyl groups excluding tert-OH is 1. The first-order valence-electron chi connectivity index (χ1n) is 8.97. The zero-order valence-corrected chi connectivity index (χ0v) is 15.3. The molecule has 0 saturated carbocycles. The van der Waals surface area contributed by atoms with E-state index in [-0.39, 0.29) is 11.8 Å². The van der Waals surface area contributed by atoms with Crippen molar-refractivity contribution in [1.82, 2.24) is 14.7 Å². The number of benzene rings is 1. The fourth-order valence-corrected chi connectivity index (χ4v) is 3.72. The van der Waals surface area contributed by atoms with E-state index in [4.69, 9.17) is 0 Å². The van der Waals surface area contributed by atoms with Crippen molar-refractivity contribution >= 4 is 5.91 Å². The summed E-state index contributed by atoms with van der Waals surface area (Å²) in [5, 5.41) is 15.0. The van der Waals surface area contributed by atoms with Crippen LogP contribution in [0.25, 0.3) is 0 Å². The van der Waals surface area contributed by atoms with Crippen LogP contribution in [-0.4, -0.2) is 38.8 Å². The third-order valence-electron chi connectivity index (χ3n) is 5.47. The number of aromatic nitrogens is 2. The van der Waals surface area contributed by atoms with Crippen LogP contribution in [0, 0.1) is 19.8 Å². The lowest BCUT2D eigenvalue weighted by atomic mass is 9.87. The summed E-state index contributed by atoms with van der Waals surface area (Å²) in [6.45, 7) is 5.39. The zero-order chi connectivity index (χ0) is 18.0. The molecule has 2 heterocycles. The minimum Gasteiger partial charge on any atom is -0.388 e. The van der Waals surface area contributed by atoms with Crippen molar-refractivity contribution in [3.8, 4) is 0 Å². The number of amides is 1. The third kappa shape index (κ3) is 3.76. The van der Waals surface area contributed by atoms with Crippen LogP contribution in [0.5, 0.6) is 0 Å². The lowest BCUT2D eigenvalue weighted by molar-refractivity contribution is -0.132. The number of carbonyl (C=O) groups is 1. The monoisotopic (exact) mass is 341 g/mol. The van der Waals surface area contributed by atoms with E-state index in [2.05, 4.69) is 5.10 Å². The van der Waals surface area contributed by atoms with Gasteiger partial charge in [0, 0.05) is 31.4 Å². The molecule has 1 amide bonds. The molecular weight excluding hydrogens is 314 g/mol. The highest BCUT2D eigenvalue weighted by Crippen LogP contribution is 2.30. The molecule has 2 aromatic rings. The molecule has 0 spiro atoms. The van der Waals surface area contributed by atoms with E-state index in [0.717, 1.165) is 35.4 Å². The molecule has 1 saturated heterocycles. The molecular formula is C20H27N3O2. The normalized spacial score (nSPS) is 16.9. The molecule has 0 unspecified atom stereocenters. The van der Waals surface area contributed by atoms with Gasteiger partial charge in [0.15, 0.2) is 0 Å². The molecule has 1 aromatic carbocycles. The molecule has 1 aliphatic heterocycles. The van der Waals surface area contributed by atoms with Crippen molar-refractivity contribution in [2.75, 3.05) is 13.1 Å². The van der Waals surface area contributed by atoms with Gasteiger partial charge in [0.05, 0.1) is 18.2 Å². The lowest BCUT2D eigenvalue weighted by Crippen LogP contribution is -2.40. The van der Waals surface area contributed by atoms with E-state index in [0.29, 0.717) is 19.5 Å². The fraction of sp³-hybridized carbons (Fsp3) is 0.500. The Labute approximate surface area is 149 Å². The van der Waals surface area contributed by atoms with E-state index < -0.39 is 6.10 Å². The molecule has 134 valence electrons. The van der Waals surface area contributed by atoms with Crippen molar-refractivity contribution in [2.45, 2.75) is 39.2 Å². The summed E-state index contributed by atoms with van der Waals surface area (Å²) in [6, 6.07) is 9.80. The molecule has 0 radical (unpaired) electrons. The molecule has 1 N–H and O–H groups in total. The fourth-order valence-electron chi connectivity index (χ4n) is 3.72. The Morgan fingerprint density at radius 2 is 1.88 bits per heavy atom. The van der Waals surface area contributed by atoms with Crippen LogP contribution >= 0.6 is 0 Å². The van der Waals surface area contributed by atoms with Crippen LogP contribution in [0.3, 0.4) is 0 Å². The van der Waals surface area contributed by atoms with Crippen molar-refractivity contribution in [3.05, 3.63) is 52.8 Å². The molecule has 5 heteroatoms. The Morgan fingerprint density at radius 1 is 1.24 bits per heavy atom. The average Bonchev–Trinajstić information content (AvgIpc) is 2.88. The van der Waals surface area contributed by atoms with Crippen molar-refractivity contribution in [2.24, 2.45) is 13.0 Å². The molecule has 1 fully saturated rings. The Morgan fingerprint density at radius 3 is 2.44 bits per heavy atom. The molecule has 0 bridgehead atoms. The first-order chi connectivity index (χ1) is 12.0. The number of piperidine rings is 1. The predicted molar refractivity (Wildman–Crippen MR) is 97.1 cm³/mol. The Kier molecular flexibility index (Phi) is 5.23. The van der Waals surface area contributed by atoms with Gasteiger partial charge in [0.25, 0.3) is 0 Å². The third-order valence-corrected chi connectivity index (χ3v) is 5.47. The lowest BCUT2D eigenvalue weighted by Gasteiger charge is -2.34. The number of hydrogen-bond acceptors (Lipinski definition) is 3. The van der Waals surface area contributed by atoms with Gasteiger partial charge in [0.2, 0.25) is 5.91 Å². The number of likely N-dealkylation sites (tertiary alicyclic amines) is 1. The molecule has 0 aliphatic carbocycles. The molecule has 1 aliphatic rings. The van der Waals surface area contributed by atoms with E-state index >= 15 is 0 Å². The van der Waals surface area contributed by atoms with Gasteiger partial charge in [-0.3, -0.25) is 9.48 Å². The average molecular weight is 341 g/mol. The van der Waals surface area contributed by atoms with Crippen LogP contribution in [0.2, 0.25) is 0 Å². The number of carbonyl (C=O) groups excluding carboxylic acids is 1. The molecule has 5 nitrogen and oxygen atoms in total. The van der Waals surface area contributed by atoms with E-state index in [1.165, 1.54) is 0 Å². The summed E-state index contributed by atoms with van der Waals surface area (Å²) >= 11 is 0. The Balaban J connectivity index is 1.57. The van der Waals surface area contributed by atoms with Crippen LogP contribution in [0.4, 0.5) is 0 Å². The number of nitrogens with zero attached hydrogens (tertiary/aromatic N) is 3. The highest BCUT2D eigenvalue weighted by atomic mass is 16.3. The first kappa shape index (κ1) is 17.7. The van der Waals surface area contributed by atoms with Gasteiger partial charge in [-0.2, -0.15) is 5.10 Å². The van der Waals surface area contributed by atoms with Crippen molar-refractivity contribution in [1.29, 1.82) is 0 Å². The predicted octanol–water partition coefficient (Wildman–Crippen LogP) is 2.55. The van der Waals surface area contributed by atoms with Crippen LogP contribution in [0.1, 0.15) is 41.5 Å². The van der Waals surface area contributed by atoms with Gasteiger partial charge in [-0.1, -0.05) is 30.3 Å². The summed E-state index contributed by atoms with van der Waals surface area (Å²) < 4.78 is 1.83. The number of hydrogen-bond donors (Lipinski definition) is 1. The van der Waals surface area contributed by atoms with Gasteiger partial charge in [0.1, 0.15) is 0 Å². The second-order valence-electron chi connectivity index (χ2n) is 7.02. The van der Waals surface area contributed by atoms with Crippen molar-refractivity contribution < 1.29 is 9.90 Å². The van der Waals surface area contributed by atoms with E-state index in [1.54, 1.807) is 0 Å². The molecule has 3 rings (SSSR count). The number of aryl methyl sites for hydroxylation is 2. The van der Waals surface area contributed by atoms with Gasteiger partial charge >= 0.3 is 0 Å². The van der Waals surface area contributed by atoms with Crippen LogP contribution < -0.4 is 0 Å². The summed E-state index contributed by atoms with van der Waals surface area (Å²) in [5.74, 6) is 0.375. The van der Waals surface area contributed by atoms with Crippen LogP contribution in [-0.2, 0) is 18.3 Å². The maximum absolute atomic E-state index is 12.7. The van der Waals surface area contributed by atoms with Gasteiger partial charge < -0.3 is 10.0 Å². The smallest absolute Gasteiger partial charge is 0.227 e. The van der Waals surface area contributed by atoms with Crippen molar-refractivity contribution in [3.63, 3.8) is 0 Å². The summed E-state index contributed by atoms with van der Waals surface area (Å²) in [4.78, 5) is 14.6. The van der Waals surface area contributed by atoms with Gasteiger partial charge in [-0.15, -0.1) is 0 Å². The summed E-state index contributed by atoms with van der Waals surface area (Å²) in [6.07, 6.45) is 1.65. The number of aliphatic hydroxyl groups is 1. The summed E-state index contributed by atoms with van der Waals surface area (Å²) in [7, 11) is 1.91. The highest BCUT2D eigenvalue weighted by Gasteiger charge is 2.28. The maximum atomic E-state index is 12.7. The second-order valence-corrected chi connectivity index (χ2v) is 7.02. The first-order valence-corrected chi connectivity index (χ1v) is 8.97. The maximum Gasteiger partial charge on any atom is 0.227 e. The Bertz CT molecular complexity index is 731. The quantitative estimate of drug-likeness (QED) is 0.930. The zero-order valence-electron chi connectivity index (χ0n) is 15.3. The Hall–Kier alpha value is -2.14. The molecule has 1 atom stereocenters. The van der Waals surface area contributed by atoms with E-state index in [9.17, 15) is 9.90 Å². The SMILES string of the molecule is Cc1nn(C)c(C)c1CC(=O)N1CCC([C@H](O)c2ccccc2)CC1. The highest BCUT2D eigenvalue weighted by molar-refractivity contribution is 5.79. The topological polar surface area (TPSA) is 58.4 Å². The van der Waals surface area contributed by atoms with E-state index in [1.807, 2.05) is 60.8 Å².